The average Bonchev–Trinajstić information content (AvgIpc) is 2.83. The van der Waals surface area contributed by atoms with Gasteiger partial charge in [-0.15, -0.1) is 0 Å². The molecule has 2 N–H and O–H groups in total. The van der Waals surface area contributed by atoms with Gasteiger partial charge in [0.15, 0.2) is 0 Å². The summed E-state index contributed by atoms with van der Waals surface area (Å²) < 4.78 is 5.97. The number of fused-ring (bicyclic) bond motifs is 3. The summed E-state index contributed by atoms with van der Waals surface area (Å²) in [4.78, 5) is 0. The van der Waals surface area contributed by atoms with Crippen molar-refractivity contribution < 1.29 is 4.42 Å². The summed E-state index contributed by atoms with van der Waals surface area (Å²) in [6.07, 6.45) is 2.02. The predicted octanol–water partition coefficient (Wildman–Crippen LogP) is 4.39. The van der Waals surface area contributed by atoms with E-state index in [0.717, 1.165) is 35.0 Å². The van der Waals surface area contributed by atoms with Crippen LogP contribution in [0.5, 0.6) is 0 Å². The summed E-state index contributed by atoms with van der Waals surface area (Å²) in [5.41, 5.74) is 7.07. The fraction of sp³-hybridized carbons (Fsp3) is 0.250. The Bertz CT molecular complexity index is 684. The van der Waals surface area contributed by atoms with Crippen LogP contribution in [-0.4, -0.2) is 0 Å². The first-order valence-corrected chi connectivity index (χ1v) is 6.46. The number of hydrogen-bond donors (Lipinski definition) is 1. The van der Waals surface area contributed by atoms with Gasteiger partial charge in [-0.1, -0.05) is 49.7 Å². The molecule has 18 heavy (non-hydrogen) atoms. The van der Waals surface area contributed by atoms with Crippen LogP contribution in [0.4, 0.5) is 0 Å². The molecule has 0 amide bonds. The largest absolute Gasteiger partial charge is 0.459 e. The Labute approximate surface area is 106 Å². The summed E-state index contributed by atoms with van der Waals surface area (Å²) >= 11 is 0. The zero-order valence-electron chi connectivity index (χ0n) is 10.5. The van der Waals surface area contributed by atoms with Crippen LogP contribution in [0.15, 0.2) is 46.9 Å². The molecule has 0 saturated carbocycles. The van der Waals surface area contributed by atoms with E-state index >= 15 is 0 Å². The van der Waals surface area contributed by atoms with Crippen LogP contribution in [0.2, 0.25) is 0 Å². The van der Waals surface area contributed by atoms with E-state index in [-0.39, 0.29) is 6.04 Å². The molecule has 2 aromatic carbocycles. The maximum atomic E-state index is 6.12. The molecular formula is C16H17NO. The predicted molar refractivity (Wildman–Crippen MR) is 75.6 cm³/mol. The van der Waals surface area contributed by atoms with Gasteiger partial charge in [0, 0.05) is 10.8 Å². The van der Waals surface area contributed by atoms with Gasteiger partial charge in [-0.25, -0.2) is 0 Å². The van der Waals surface area contributed by atoms with Crippen LogP contribution in [0.25, 0.3) is 21.7 Å². The molecule has 2 heteroatoms. The summed E-state index contributed by atoms with van der Waals surface area (Å²) in [5, 5.41) is 3.50. The van der Waals surface area contributed by atoms with E-state index in [2.05, 4.69) is 37.3 Å². The number of hydrogen-bond acceptors (Lipinski definition) is 2. The molecule has 0 bridgehead atoms. The third kappa shape index (κ3) is 1.79. The molecule has 0 fully saturated rings. The third-order valence-corrected chi connectivity index (χ3v) is 3.39. The maximum Gasteiger partial charge on any atom is 0.142 e. The van der Waals surface area contributed by atoms with Crippen molar-refractivity contribution in [2.75, 3.05) is 0 Å². The highest BCUT2D eigenvalue weighted by molar-refractivity contribution is 6.04. The smallest absolute Gasteiger partial charge is 0.142 e. The van der Waals surface area contributed by atoms with Gasteiger partial charge in [-0.3, -0.25) is 0 Å². The van der Waals surface area contributed by atoms with Crippen LogP contribution in [0.1, 0.15) is 31.6 Å². The minimum atomic E-state index is 0.00108. The van der Waals surface area contributed by atoms with E-state index in [1.54, 1.807) is 0 Å². The Hall–Kier alpha value is -1.80. The second-order valence-electron chi connectivity index (χ2n) is 4.75. The molecule has 0 saturated heterocycles. The monoisotopic (exact) mass is 239 g/mol. The highest BCUT2D eigenvalue weighted by Crippen LogP contribution is 2.30. The molecule has 0 aliphatic carbocycles. The first kappa shape index (κ1) is 11.3. The molecule has 3 aromatic rings. The Morgan fingerprint density at radius 2 is 1.89 bits per heavy atom. The molecule has 1 unspecified atom stereocenters. The number of nitrogens with two attached hydrogens (primary N) is 1. The zero-order valence-corrected chi connectivity index (χ0v) is 10.5. The lowest BCUT2D eigenvalue weighted by Crippen LogP contribution is -2.08. The molecule has 2 nitrogen and oxygen atoms in total. The van der Waals surface area contributed by atoms with Crippen molar-refractivity contribution in [1.29, 1.82) is 0 Å². The molecule has 0 aliphatic heterocycles. The van der Waals surface area contributed by atoms with Gasteiger partial charge in [0.25, 0.3) is 0 Å². The van der Waals surface area contributed by atoms with Gasteiger partial charge < -0.3 is 10.2 Å². The quantitative estimate of drug-likeness (QED) is 0.736. The number of rotatable bonds is 3. The first-order valence-electron chi connectivity index (χ1n) is 6.46. The number of benzene rings is 2. The zero-order chi connectivity index (χ0) is 12.5. The van der Waals surface area contributed by atoms with E-state index in [4.69, 9.17) is 10.2 Å². The topological polar surface area (TPSA) is 39.2 Å². The molecular weight excluding hydrogens is 222 g/mol. The van der Waals surface area contributed by atoms with Crippen molar-refractivity contribution in [2.45, 2.75) is 25.8 Å². The van der Waals surface area contributed by atoms with Crippen LogP contribution >= 0.6 is 0 Å². The molecule has 0 radical (unpaired) electrons. The molecule has 0 spiro atoms. The maximum absolute atomic E-state index is 6.12. The van der Waals surface area contributed by atoms with E-state index < -0.39 is 0 Å². The van der Waals surface area contributed by atoms with E-state index in [9.17, 15) is 0 Å². The summed E-state index contributed by atoms with van der Waals surface area (Å²) in [7, 11) is 0. The van der Waals surface area contributed by atoms with Crippen LogP contribution < -0.4 is 5.73 Å². The molecule has 1 aromatic heterocycles. The molecule has 92 valence electrons. The molecule has 1 heterocycles. The van der Waals surface area contributed by atoms with E-state index in [0.29, 0.717) is 0 Å². The number of furan rings is 1. The molecule has 0 aliphatic rings. The fourth-order valence-corrected chi connectivity index (χ4v) is 2.42. The van der Waals surface area contributed by atoms with Crippen molar-refractivity contribution in [3.63, 3.8) is 0 Å². The Morgan fingerprint density at radius 1 is 1.11 bits per heavy atom. The average molecular weight is 239 g/mol. The normalized spacial score (nSPS) is 13.2. The van der Waals surface area contributed by atoms with Gasteiger partial charge >= 0.3 is 0 Å². The van der Waals surface area contributed by atoms with Gasteiger partial charge in [0.2, 0.25) is 0 Å². The van der Waals surface area contributed by atoms with Crippen molar-refractivity contribution in [3.05, 3.63) is 48.2 Å². The van der Waals surface area contributed by atoms with E-state index in [1.807, 2.05) is 12.1 Å². The van der Waals surface area contributed by atoms with Crippen molar-refractivity contribution in [2.24, 2.45) is 5.73 Å². The van der Waals surface area contributed by atoms with Crippen LogP contribution in [-0.2, 0) is 0 Å². The Kier molecular flexibility index (Phi) is 2.80. The Balaban J connectivity index is 2.19. The Morgan fingerprint density at radius 3 is 2.72 bits per heavy atom. The van der Waals surface area contributed by atoms with Crippen molar-refractivity contribution in [3.8, 4) is 0 Å². The summed E-state index contributed by atoms with van der Waals surface area (Å²) in [5.74, 6) is 0.892. The third-order valence-electron chi connectivity index (χ3n) is 3.39. The highest BCUT2D eigenvalue weighted by atomic mass is 16.3. The highest BCUT2D eigenvalue weighted by Gasteiger charge is 2.12. The SMILES string of the molecule is CCCC(N)c1cc2ccc3ccccc3c2o1. The van der Waals surface area contributed by atoms with Gasteiger partial charge in [-0.05, 0) is 17.9 Å². The van der Waals surface area contributed by atoms with Gasteiger partial charge in [0.05, 0.1) is 6.04 Å². The lowest BCUT2D eigenvalue weighted by Gasteiger charge is -2.05. The van der Waals surface area contributed by atoms with Crippen molar-refractivity contribution in [1.82, 2.24) is 0 Å². The summed E-state index contributed by atoms with van der Waals surface area (Å²) in [6, 6.07) is 14.6. The lowest BCUT2D eigenvalue weighted by atomic mass is 10.1. The minimum absolute atomic E-state index is 0.00108. The van der Waals surface area contributed by atoms with Crippen LogP contribution in [0.3, 0.4) is 0 Å². The van der Waals surface area contributed by atoms with Crippen LogP contribution in [0, 0.1) is 0 Å². The summed E-state index contributed by atoms with van der Waals surface area (Å²) in [6.45, 7) is 2.14. The van der Waals surface area contributed by atoms with Crippen molar-refractivity contribution >= 4 is 21.7 Å². The fourth-order valence-electron chi connectivity index (χ4n) is 2.42. The first-order chi connectivity index (χ1) is 8.79. The second kappa shape index (κ2) is 4.46. The lowest BCUT2D eigenvalue weighted by molar-refractivity contribution is 0.476. The second-order valence-corrected chi connectivity index (χ2v) is 4.75. The van der Waals surface area contributed by atoms with E-state index in [1.165, 1.54) is 5.39 Å². The molecule has 3 rings (SSSR count). The molecule has 1 atom stereocenters. The minimum Gasteiger partial charge on any atom is -0.459 e. The van der Waals surface area contributed by atoms with Gasteiger partial charge in [0.1, 0.15) is 11.3 Å². The van der Waals surface area contributed by atoms with Gasteiger partial charge in [-0.2, -0.15) is 0 Å². The standard InChI is InChI=1S/C16H17NO/c1-2-5-14(17)15-10-12-9-8-11-6-3-4-7-13(11)16(12)18-15/h3-4,6-10,14H,2,5,17H2,1H3.